The standard InChI is InChI=1S/C15H11ClN4O2/c16-14-13(2-1-7-18-14)19-9-10(8-17)15(22)20-11-3-5-12(21)6-4-11/h1-7,9,19,21H,(H,20,22)/b10-9-. The lowest BCUT2D eigenvalue weighted by Gasteiger charge is -2.06. The van der Waals surface area contributed by atoms with E-state index in [0.29, 0.717) is 11.4 Å². The van der Waals surface area contributed by atoms with Gasteiger partial charge in [0.15, 0.2) is 5.15 Å². The molecule has 0 saturated carbocycles. The molecule has 1 aromatic carbocycles. The van der Waals surface area contributed by atoms with Gasteiger partial charge in [0, 0.05) is 18.1 Å². The van der Waals surface area contributed by atoms with Crippen LogP contribution in [-0.4, -0.2) is 16.0 Å². The molecule has 1 aromatic heterocycles. The normalized spacial score (nSPS) is 10.6. The summed E-state index contributed by atoms with van der Waals surface area (Å²) in [5.41, 5.74) is 0.811. The van der Waals surface area contributed by atoms with Gasteiger partial charge in [-0.15, -0.1) is 0 Å². The molecule has 22 heavy (non-hydrogen) atoms. The summed E-state index contributed by atoms with van der Waals surface area (Å²) >= 11 is 5.87. The number of pyridine rings is 1. The summed E-state index contributed by atoms with van der Waals surface area (Å²) in [6.45, 7) is 0. The number of hydrogen-bond acceptors (Lipinski definition) is 5. The van der Waals surface area contributed by atoms with E-state index in [-0.39, 0.29) is 16.5 Å². The van der Waals surface area contributed by atoms with E-state index in [2.05, 4.69) is 15.6 Å². The van der Waals surface area contributed by atoms with Crippen molar-refractivity contribution < 1.29 is 9.90 Å². The van der Waals surface area contributed by atoms with Crippen LogP contribution < -0.4 is 10.6 Å². The number of nitrogens with one attached hydrogen (secondary N) is 2. The van der Waals surface area contributed by atoms with Crippen molar-refractivity contribution in [2.45, 2.75) is 0 Å². The minimum Gasteiger partial charge on any atom is -0.508 e. The smallest absolute Gasteiger partial charge is 0.267 e. The third kappa shape index (κ3) is 3.98. The summed E-state index contributed by atoms with van der Waals surface area (Å²) in [6, 6.07) is 11.0. The van der Waals surface area contributed by atoms with Gasteiger partial charge < -0.3 is 15.7 Å². The molecule has 110 valence electrons. The summed E-state index contributed by atoms with van der Waals surface area (Å²) in [5.74, 6) is -0.498. The number of amides is 1. The average molecular weight is 315 g/mol. The Morgan fingerprint density at radius 3 is 2.68 bits per heavy atom. The molecule has 0 fully saturated rings. The predicted octanol–water partition coefficient (Wildman–Crippen LogP) is 2.90. The van der Waals surface area contributed by atoms with Crippen LogP contribution in [0.1, 0.15) is 0 Å². The van der Waals surface area contributed by atoms with Gasteiger partial charge in [0.05, 0.1) is 5.69 Å². The molecule has 0 atom stereocenters. The van der Waals surface area contributed by atoms with E-state index in [1.54, 1.807) is 18.2 Å². The molecule has 0 radical (unpaired) electrons. The van der Waals surface area contributed by atoms with Crippen LogP contribution in [0.5, 0.6) is 5.75 Å². The lowest BCUT2D eigenvalue weighted by Crippen LogP contribution is -2.14. The van der Waals surface area contributed by atoms with Crippen molar-refractivity contribution in [1.29, 1.82) is 5.26 Å². The first-order chi connectivity index (χ1) is 10.6. The van der Waals surface area contributed by atoms with Crippen molar-refractivity contribution in [2.75, 3.05) is 10.6 Å². The molecule has 1 heterocycles. The molecule has 0 aliphatic rings. The van der Waals surface area contributed by atoms with Gasteiger partial charge in [0.25, 0.3) is 5.91 Å². The first-order valence-electron chi connectivity index (χ1n) is 6.18. The zero-order valence-corrected chi connectivity index (χ0v) is 12.0. The summed E-state index contributed by atoms with van der Waals surface area (Å²) in [5, 5.41) is 23.8. The van der Waals surface area contributed by atoms with E-state index in [1.165, 1.54) is 36.7 Å². The highest BCUT2D eigenvalue weighted by atomic mass is 35.5. The second kappa shape index (κ2) is 7.11. The Bertz CT molecular complexity index is 751. The minimum absolute atomic E-state index is 0.0851. The van der Waals surface area contributed by atoms with Crippen LogP contribution in [0.4, 0.5) is 11.4 Å². The number of aromatic hydroxyl groups is 1. The van der Waals surface area contributed by atoms with Crippen LogP contribution in [0, 0.1) is 11.3 Å². The van der Waals surface area contributed by atoms with Gasteiger partial charge >= 0.3 is 0 Å². The van der Waals surface area contributed by atoms with Crippen LogP contribution in [0.15, 0.2) is 54.4 Å². The Morgan fingerprint density at radius 2 is 2.05 bits per heavy atom. The number of phenols is 1. The quantitative estimate of drug-likeness (QED) is 0.349. The van der Waals surface area contributed by atoms with Crippen LogP contribution >= 0.6 is 11.6 Å². The second-order valence-electron chi connectivity index (χ2n) is 4.16. The van der Waals surface area contributed by atoms with Gasteiger partial charge in [-0.2, -0.15) is 5.26 Å². The van der Waals surface area contributed by atoms with Crippen molar-refractivity contribution in [3.8, 4) is 11.8 Å². The highest BCUT2D eigenvalue weighted by Crippen LogP contribution is 2.18. The number of hydrogen-bond donors (Lipinski definition) is 3. The minimum atomic E-state index is -0.583. The molecule has 0 aliphatic carbocycles. The predicted molar refractivity (Wildman–Crippen MR) is 83.3 cm³/mol. The Balaban J connectivity index is 2.09. The van der Waals surface area contributed by atoms with Crippen LogP contribution in [-0.2, 0) is 4.79 Å². The fourth-order valence-electron chi connectivity index (χ4n) is 1.54. The first kappa shape index (κ1) is 15.4. The van der Waals surface area contributed by atoms with Crippen molar-refractivity contribution in [3.63, 3.8) is 0 Å². The van der Waals surface area contributed by atoms with E-state index in [1.807, 2.05) is 0 Å². The molecular weight excluding hydrogens is 304 g/mol. The third-order valence-corrected chi connectivity index (χ3v) is 2.92. The van der Waals surface area contributed by atoms with E-state index in [4.69, 9.17) is 16.9 Å². The fourth-order valence-corrected chi connectivity index (χ4v) is 1.71. The lowest BCUT2D eigenvalue weighted by molar-refractivity contribution is -0.112. The lowest BCUT2D eigenvalue weighted by atomic mass is 10.2. The summed E-state index contributed by atoms with van der Waals surface area (Å²) in [6.07, 6.45) is 2.78. The van der Waals surface area contributed by atoms with Gasteiger partial charge in [-0.3, -0.25) is 4.79 Å². The SMILES string of the molecule is N#C/C(=C/Nc1cccnc1Cl)C(=O)Nc1ccc(O)cc1. The van der Waals surface area contributed by atoms with E-state index >= 15 is 0 Å². The van der Waals surface area contributed by atoms with Gasteiger partial charge in [-0.1, -0.05) is 11.6 Å². The highest BCUT2D eigenvalue weighted by Gasteiger charge is 2.09. The number of benzene rings is 1. The molecule has 0 spiro atoms. The van der Waals surface area contributed by atoms with Crippen LogP contribution in [0.25, 0.3) is 0 Å². The monoisotopic (exact) mass is 314 g/mol. The molecule has 3 N–H and O–H groups in total. The number of carbonyl (C=O) groups is 1. The third-order valence-electron chi connectivity index (χ3n) is 2.62. The second-order valence-corrected chi connectivity index (χ2v) is 4.51. The highest BCUT2D eigenvalue weighted by molar-refractivity contribution is 6.32. The number of halogens is 1. The molecule has 0 unspecified atom stereocenters. The van der Waals surface area contributed by atoms with Crippen molar-refractivity contribution >= 4 is 28.9 Å². The Hall–Kier alpha value is -3.04. The maximum absolute atomic E-state index is 12.0. The molecule has 1 amide bonds. The van der Waals surface area contributed by atoms with Crippen molar-refractivity contribution in [1.82, 2.24) is 4.98 Å². The van der Waals surface area contributed by atoms with Crippen molar-refractivity contribution in [2.24, 2.45) is 0 Å². The Labute approximate surface area is 131 Å². The number of anilines is 2. The number of rotatable bonds is 4. The fraction of sp³-hybridized carbons (Fsp3) is 0. The molecule has 0 bridgehead atoms. The molecular formula is C15H11ClN4O2. The van der Waals surface area contributed by atoms with Gasteiger partial charge in [0.1, 0.15) is 17.4 Å². The molecule has 6 nitrogen and oxygen atoms in total. The molecule has 0 aliphatic heterocycles. The first-order valence-corrected chi connectivity index (χ1v) is 6.55. The van der Waals surface area contributed by atoms with Crippen LogP contribution in [0.3, 0.4) is 0 Å². The Morgan fingerprint density at radius 1 is 1.32 bits per heavy atom. The summed E-state index contributed by atoms with van der Waals surface area (Å²) < 4.78 is 0. The number of nitrogens with zero attached hydrogens (tertiary/aromatic N) is 2. The molecule has 0 saturated heterocycles. The zero-order chi connectivity index (χ0) is 15.9. The molecule has 2 rings (SSSR count). The Kier molecular flexibility index (Phi) is 4.96. The van der Waals surface area contributed by atoms with Crippen LogP contribution in [0.2, 0.25) is 5.15 Å². The van der Waals surface area contributed by atoms with E-state index < -0.39 is 5.91 Å². The van der Waals surface area contributed by atoms with E-state index in [9.17, 15) is 9.90 Å². The molecule has 2 aromatic rings. The number of aromatic nitrogens is 1. The zero-order valence-electron chi connectivity index (χ0n) is 11.2. The van der Waals surface area contributed by atoms with Crippen molar-refractivity contribution in [3.05, 3.63) is 59.5 Å². The summed E-state index contributed by atoms with van der Waals surface area (Å²) in [7, 11) is 0. The van der Waals surface area contributed by atoms with E-state index in [0.717, 1.165) is 0 Å². The average Bonchev–Trinajstić information content (AvgIpc) is 2.52. The van der Waals surface area contributed by atoms with Gasteiger partial charge in [-0.05, 0) is 36.4 Å². The number of phenolic OH excluding ortho intramolecular Hbond substituents is 1. The number of carbonyl (C=O) groups excluding carboxylic acids is 1. The summed E-state index contributed by atoms with van der Waals surface area (Å²) in [4.78, 5) is 15.9. The van der Waals surface area contributed by atoms with Gasteiger partial charge in [-0.25, -0.2) is 4.98 Å². The van der Waals surface area contributed by atoms with Gasteiger partial charge in [0.2, 0.25) is 0 Å². The topological polar surface area (TPSA) is 98.0 Å². The largest absolute Gasteiger partial charge is 0.508 e. The molecule has 7 heteroatoms. The maximum Gasteiger partial charge on any atom is 0.267 e. The number of nitriles is 1. The maximum atomic E-state index is 12.0.